The van der Waals surface area contributed by atoms with Crippen LogP contribution < -0.4 is 10.1 Å². The Balaban J connectivity index is 2.04. The minimum Gasteiger partial charge on any atom is -0.480 e. The molecular weight excluding hydrogens is 356 g/mol. The van der Waals surface area contributed by atoms with Gasteiger partial charge in [0.05, 0.1) is 4.47 Å². The number of amides is 1. The van der Waals surface area contributed by atoms with E-state index in [1.807, 2.05) is 19.1 Å². The summed E-state index contributed by atoms with van der Waals surface area (Å²) in [6.07, 6.45) is -0.799. The average Bonchev–Trinajstić information content (AvgIpc) is 2.45. The summed E-state index contributed by atoms with van der Waals surface area (Å²) in [5, 5.41) is 2.47. The van der Waals surface area contributed by atoms with Crippen LogP contribution in [-0.4, -0.2) is 12.0 Å². The maximum absolute atomic E-state index is 13.1. The van der Waals surface area contributed by atoms with E-state index in [9.17, 15) is 13.6 Å². The highest BCUT2D eigenvalue weighted by molar-refractivity contribution is 9.10. The standard InChI is InChI=1S/C16H14BrF2NO2/c1-9-3-6-15(12(17)7-9)22-10(2)16(21)20-11-4-5-13(18)14(19)8-11/h3-8,10H,1-2H3,(H,20,21)/t10-/m1/s1. The van der Waals surface area contributed by atoms with Crippen molar-refractivity contribution in [1.82, 2.24) is 0 Å². The van der Waals surface area contributed by atoms with Crippen molar-refractivity contribution in [2.75, 3.05) is 5.32 Å². The lowest BCUT2D eigenvalue weighted by molar-refractivity contribution is -0.122. The molecule has 3 nitrogen and oxygen atoms in total. The van der Waals surface area contributed by atoms with E-state index in [4.69, 9.17) is 4.74 Å². The number of halogens is 3. The van der Waals surface area contributed by atoms with Crippen molar-refractivity contribution < 1.29 is 18.3 Å². The molecule has 2 aromatic rings. The number of carbonyl (C=O) groups is 1. The van der Waals surface area contributed by atoms with Gasteiger partial charge in [0.15, 0.2) is 17.7 Å². The van der Waals surface area contributed by atoms with Gasteiger partial charge in [-0.3, -0.25) is 4.79 Å². The molecule has 22 heavy (non-hydrogen) atoms. The van der Waals surface area contributed by atoms with Crippen molar-refractivity contribution in [2.45, 2.75) is 20.0 Å². The second kappa shape index (κ2) is 6.87. The molecule has 2 aromatic carbocycles. The normalized spacial score (nSPS) is 11.9. The van der Waals surface area contributed by atoms with Crippen molar-refractivity contribution >= 4 is 27.5 Å². The third kappa shape index (κ3) is 4.04. The predicted molar refractivity (Wildman–Crippen MR) is 84.0 cm³/mol. The van der Waals surface area contributed by atoms with E-state index in [1.165, 1.54) is 6.07 Å². The molecule has 0 aliphatic heterocycles. The van der Waals surface area contributed by atoms with Crippen molar-refractivity contribution in [3.63, 3.8) is 0 Å². The zero-order chi connectivity index (χ0) is 16.3. The lowest BCUT2D eigenvalue weighted by Gasteiger charge is -2.16. The molecule has 0 fully saturated rings. The largest absolute Gasteiger partial charge is 0.480 e. The summed E-state index contributed by atoms with van der Waals surface area (Å²) in [6.45, 7) is 3.51. The number of hydrogen-bond acceptors (Lipinski definition) is 2. The first-order chi connectivity index (χ1) is 10.4. The monoisotopic (exact) mass is 369 g/mol. The summed E-state index contributed by atoms with van der Waals surface area (Å²) in [5.41, 5.74) is 1.22. The number of nitrogens with one attached hydrogen (secondary N) is 1. The molecule has 116 valence electrons. The molecule has 0 unspecified atom stereocenters. The zero-order valence-corrected chi connectivity index (χ0v) is 13.6. The van der Waals surface area contributed by atoms with Gasteiger partial charge in [0.1, 0.15) is 5.75 Å². The fraction of sp³-hybridized carbons (Fsp3) is 0.188. The van der Waals surface area contributed by atoms with Gasteiger partial charge in [0, 0.05) is 11.8 Å². The van der Waals surface area contributed by atoms with Crippen LogP contribution in [0.2, 0.25) is 0 Å². The topological polar surface area (TPSA) is 38.3 Å². The fourth-order valence-electron chi connectivity index (χ4n) is 1.76. The molecule has 0 aromatic heterocycles. The summed E-state index contributed by atoms with van der Waals surface area (Å²) in [7, 11) is 0. The SMILES string of the molecule is Cc1ccc(O[C@H](C)C(=O)Nc2ccc(F)c(F)c2)c(Br)c1. The fourth-order valence-corrected chi connectivity index (χ4v) is 2.35. The average molecular weight is 370 g/mol. The van der Waals surface area contributed by atoms with Crippen LogP contribution in [0.4, 0.5) is 14.5 Å². The molecule has 1 N–H and O–H groups in total. The Morgan fingerprint density at radius 2 is 1.91 bits per heavy atom. The highest BCUT2D eigenvalue weighted by atomic mass is 79.9. The lowest BCUT2D eigenvalue weighted by atomic mass is 10.2. The Morgan fingerprint density at radius 1 is 1.18 bits per heavy atom. The van der Waals surface area contributed by atoms with Crippen molar-refractivity contribution in [3.8, 4) is 5.75 Å². The number of hydrogen-bond donors (Lipinski definition) is 1. The third-order valence-corrected chi connectivity index (χ3v) is 3.57. The summed E-state index contributed by atoms with van der Waals surface area (Å²) in [6, 6.07) is 8.63. The van der Waals surface area contributed by atoms with E-state index >= 15 is 0 Å². The first-order valence-electron chi connectivity index (χ1n) is 6.55. The molecule has 0 saturated carbocycles. The molecule has 0 aliphatic carbocycles. The maximum Gasteiger partial charge on any atom is 0.265 e. The van der Waals surface area contributed by atoms with Gasteiger partial charge in [0.25, 0.3) is 5.91 Å². The Morgan fingerprint density at radius 3 is 2.55 bits per heavy atom. The molecule has 0 radical (unpaired) electrons. The first-order valence-corrected chi connectivity index (χ1v) is 7.35. The van der Waals surface area contributed by atoms with Crippen LogP contribution in [0.3, 0.4) is 0 Å². The molecule has 0 saturated heterocycles. The van der Waals surface area contributed by atoms with Crippen LogP contribution in [0.1, 0.15) is 12.5 Å². The smallest absolute Gasteiger partial charge is 0.265 e. The summed E-state index contributed by atoms with van der Waals surface area (Å²) >= 11 is 3.36. The zero-order valence-electron chi connectivity index (χ0n) is 12.0. The molecular formula is C16H14BrF2NO2. The quantitative estimate of drug-likeness (QED) is 0.864. The second-order valence-corrected chi connectivity index (χ2v) is 5.67. The van der Waals surface area contributed by atoms with Crippen LogP contribution in [0.15, 0.2) is 40.9 Å². The molecule has 6 heteroatoms. The van der Waals surface area contributed by atoms with Gasteiger partial charge in [-0.15, -0.1) is 0 Å². The van der Waals surface area contributed by atoms with Crippen LogP contribution in [-0.2, 0) is 4.79 Å². The van der Waals surface area contributed by atoms with E-state index in [0.29, 0.717) is 5.75 Å². The number of rotatable bonds is 4. The van der Waals surface area contributed by atoms with E-state index in [2.05, 4.69) is 21.2 Å². The van der Waals surface area contributed by atoms with Crippen molar-refractivity contribution in [1.29, 1.82) is 0 Å². The van der Waals surface area contributed by atoms with Gasteiger partial charge < -0.3 is 10.1 Å². The van der Waals surface area contributed by atoms with E-state index < -0.39 is 23.6 Å². The highest BCUT2D eigenvalue weighted by Gasteiger charge is 2.17. The molecule has 0 heterocycles. The maximum atomic E-state index is 13.1. The lowest BCUT2D eigenvalue weighted by Crippen LogP contribution is -2.30. The molecule has 1 amide bonds. The highest BCUT2D eigenvalue weighted by Crippen LogP contribution is 2.26. The van der Waals surface area contributed by atoms with E-state index in [-0.39, 0.29) is 5.69 Å². The number of carbonyl (C=O) groups excluding carboxylic acids is 1. The van der Waals surface area contributed by atoms with E-state index in [0.717, 1.165) is 22.2 Å². The Labute approximate surface area is 135 Å². The van der Waals surface area contributed by atoms with Gasteiger partial charge in [-0.25, -0.2) is 8.78 Å². The molecule has 2 rings (SSSR count). The molecule has 0 spiro atoms. The predicted octanol–water partition coefficient (Wildman–Crippen LogP) is 4.44. The second-order valence-electron chi connectivity index (χ2n) is 4.81. The molecule has 0 bridgehead atoms. The minimum absolute atomic E-state index is 0.169. The van der Waals surface area contributed by atoms with Gasteiger partial charge in [-0.2, -0.15) is 0 Å². The van der Waals surface area contributed by atoms with Gasteiger partial charge in [-0.1, -0.05) is 6.07 Å². The van der Waals surface area contributed by atoms with Crippen LogP contribution in [0, 0.1) is 18.6 Å². The summed E-state index contributed by atoms with van der Waals surface area (Å²) in [5.74, 6) is -1.92. The number of benzene rings is 2. The van der Waals surface area contributed by atoms with Gasteiger partial charge >= 0.3 is 0 Å². The van der Waals surface area contributed by atoms with Crippen molar-refractivity contribution in [2.24, 2.45) is 0 Å². The Hall–Kier alpha value is -1.95. The number of aryl methyl sites for hydroxylation is 1. The third-order valence-electron chi connectivity index (χ3n) is 2.95. The van der Waals surface area contributed by atoms with Crippen LogP contribution in [0.5, 0.6) is 5.75 Å². The Kier molecular flexibility index (Phi) is 5.13. The van der Waals surface area contributed by atoms with Crippen LogP contribution in [0.25, 0.3) is 0 Å². The molecule has 0 aliphatic rings. The molecule has 1 atom stereocenters. The summed E-state index contributed by atoms with van der Waals surface area (Å²) < 4.78 is 32.2. The van der Waals surface area contributed by atoms with Gasteiger partial charge in [0.2, 0.25) is 0 Å². The van der Waals surface area contributed by atoms with E-state index in [1.54, 1.807) is 13.0 Å². The minimum atomic E-state index is -1.02. The summed E-state index contributed by atoms with van der Waals surface area (Å²) in [4.78, 5) is 12.0. The number of ether oxygens (including phenoxy) is 1. The number of anilines is 1. The first kappa shape index (κ1) is 16.4. The Bertz CT molecular complexity index is 707. The van der Waals surface area contributed by atoms with Crippen LogP contribution >= 0.6 is 15.9 Å². The van der Waals surface area contributed by atoms with Gasteiger partial charge in [-0.05, 0) is 59.6 Å². The van der Waals surface area contributed by atoms with Crippen molar-refractivity contribution in [3.05, 3.63) is 58.1 Å².